The van der Waals surface area contributed by atoms with Crippen molar-refractivity contribution in [3.63, 3.8) is 0 Å². The Morgan fingerprint density at radius 2 is 2.05 bits per heavy atom. The molecule has 0 radical (unpaired) electrons. The van der Waals surface area contributed by atoms with Crippen LogP contribution in [0.1, 0.15) is 13.3 Å². The highest BCUT2D eigenvalue weighted by molar-refractivity contribution is 7.91. The molecule has 1 aromatic carbocycles. The van der Waals surface area contributed by atoms with Crippen LogP contribution in [0.2, 0.25) is 0 Å². The number of para-hydroxylation sites is 1. The van der Waals surface area contributed by atoms with Crippen molar-refractivity contribution in [2.45, 2.75) is 25.4 Å². The summed E-state index contributed by atoms with van der Waals surface area (Å²) in [7, 11) is -0.997. The van der Waals surface area contributed by atoms with Gasteiger partial charge in [0.25, 0.3) is 0 Å². The third-order valence-electron chi connectivity index (χ3n) is 3.95. The van der Waals surface area contributed by atoms with E-state index in [0.717, 1.165) is 5.69 Å². The Kier molecular flexibility index (Phi) is 5.28. The lowest BCUT2D eigenvalue weighted by molar-refractivity contribution is 0.237. The van der Waals surface area contributed by atoms with Gasteiger partial charge < -0.3 is 15.5 Å². The van der Waals surface area contributed by atoms with Crippen molar-refractivity contribution in [3.8, 4) is 0 Å². The van der Waals surface area contributed by atoms with Crippen molar-refractivity contribution >= 4 is 21.6 Å². The summed E-state index contributed by atoms with van der Waals surface area (Å²) in [6.45, 7) is 2.50. The predicted molar refractivity (Wildman–Crippen MR) is 87.9 cm³/mol. The molecule has 122 valence electrons. The molecule has 0 spiro atoms. The average Bonchev–Trinajstić information content (AvgIpc) is 2.83. The van der Waals surface area contributed by atoms with Crippen LogP contribution in [0.5, 0.6) is 0 Å². The van der Waals surface area contributed by atoms with Gasteiger partial charge in [-0.05, 0) is 25.5 Å². The van der Waals surface area contributed by atoms with E-state index in [1.165, 1.54) is 0 Å². The second-order valence-electron chi connectivity index (χ2n) is 5.75. The molecule has 2 amide bonds. The van der Waals surface area contributed by atoms with Gasteiger partial charge in [-0.2, -0.15) is 0 Å². The number of carbonyl (C=O) groups excluding carboxylic acids is 1. The number of hydrogen-bond donors (Lipinski definition) is 2. The quantitative estimate of drug-likeness (QED) is 0.846. The zero-order valence-electron chi connectivity index (χ0n) is 13.0. The molecule has 1 saturated heterocycles. The maximum atomic E-state index is 11.8. The Bertz CT molecular complexity index is 604. The van der Waals surface area contributed by atoms with Gasteiger partial charge in [-0.15, -0.1) is 0 Å². The molecule has 1 aliphatic rings. The molecule has 0 saturated carbocycles. The van der Waals surface area contributed by atoms with E-state index >= 15 is 0 Å². The first-order valence-corrected chi connectivity index (χ1v) is 9.22. The van der Waals surface area contributed by atoms with Crippen LogP contribution in [0.15, 0.2) is 30.3 Å². The Labute approximate surface area is 131 Å². The van der Waals surface area contributed by atoms with Gasteiger partial charge >= 0.3 is 6.03 Å². The van der Waals surface area contributed by atoms with E-state index in [1.54, 1.807) is 0 Å². The molecular weight excluding hydrogens is 302 g/mol. The van der Waals surface area contributed by atoms with Crippen LogP contribution in [0.25, 0.3) is 0 Å². The highest BCUT2D eigenvalue weighted by Crippen LogP contribution is 2.14. The summed E-state index contributed by atoms with van der Waals surface area (Å²) in [5.74, 6) is 0.199. The van der Waals surface area contributed by atoms with Crippen molar-refractivity contribution in [1.82, 2.24) is 10.6 Å². The average molecular weight is 325 g/mol. The zero-order chi connectivity index (χ0) is 16.2. The van der Waals surface area contributed by atoms with Crippen molar-refractivity contribution in [3.05, 3.63) is 30.3 Å². The molecule has 0 bridgehead atoms. The molecule has 1 fully saturated rings. The fourth-order valence-electron chi connectivity index (χ4n) is 2.44. The number of amides is 2. The number of urea groups is 1. The number of hydrogen-bond acceptors (Lipinski definition) is 4. The summed E-state index contributed by atoms with van der Waals surface area (Å²) in [5, 5.41) is 5.52. The number of sulfone groups is 1. The molecule has 1 aromatic rings. The Morgan fingerprint density at radius 1 is 1.36 bits per heavy atom. The summed E-state index contributed by atoms with van der Waals surface area (Å²) in [5.41, 5.74) is 1.08. The second-order valence-corrected chi connectivity index (χ2v) is 7.98. The molecule has 7 heteroatoms. The van der Waals surface area contributed by atoms with Gasteiger partial charge in [0.2, 0.25) is 0 Å². The van der Waals surface area contributed by atoms with Gasteiger partial charge in [0.05, 0.1) is 11.5 Å². The molecule has 6 nitrogen and oxygen atoms in total. The van der Waals surface area contributed by atoms with E-state index < -0.39 is 9.84 Å². The highest BCUT2D eigenvalue weighted by Gasteiger charge is 2.28. The number of benzene rings is 1. The minimum absolute atomic E-state index is 0.0416. The topological polar surface area (TPSA) is 78.5 Å². The van der Waals surface area contributed by atoms with E-state index in [1.807, 2.05) is 44.3 Å². The van der Waals surface area contributed by atoms with Crippen LogP contribution in [0.4, 0.5) is 10.5 Å². The lowest BCUT2D eigenvalue weighted by Gasteiger charge is -2.27. The fraction of sp³-hybridized carbons (Fsp3) is 0.533. The monoisotopic (exact) mass is 325 g/mol. The predicted octanol–water partition coefficient (Wildman–Crippen LogP) is 0.998. The van der Waals surface area contributed by atoms with Crippen LogP contribution < -0.4 is 15.5 Å². The van der Waals surface area contributed by atoms with Gasteiger partial charge in [-0.3, -0.25) is 0 Å². The highest BCUT2D eigenvalue weighted by atomic mass is 32.2. The molecule has 1 aliphatic heterocycles. The number of anilines is 1. The minimum Gasteiger partial charge on any atom is -0.370 e. The van der Waals surface area contributed by atoms with Gasteiger partial charge in [0.1, 0.15) is 0 Å². The maximum Gasteiger partial charge on any atom is 0.315 e. The Hall–Kier alpha value is -1.76. The Morgan fingerprint density at radius 3 is 2.64 bits per heavy atom. The standard InChI is InChI=1S/C15H23N3O3S/c1-12(18(2)14-6-4-3-5-7-14)10-16-15(19)17-13-8-9-22(20,21)11-13/h3-7,12-13H,8-11H2,1-2H3,(H2,16,17,19)/t12-,13-/m0/s1. The van der Waals surface area contributed by atoms with E-state index in [9.17, 15) is 13.2 Å². The number of rotatable bonds is 5. The van der Waals surface area contributed by atoms with Crippen LogP contribution in [0.3, 0.4) is 0 Å². The van der Waals surface area contributed by atoms with Crippen molar-refractivity contribution in [2.24, 2.45) is 0 Å². The first-order chi connectivity index (χ1) is 10.4. The first kappa shape index (κ1) is 16.6. The number of nitrogens with zero attached hydrogens (tertiary/aromatic N) is 1. The number of likely N-dealkylation sites (N-methyl/N-ethyl adjacent to an activating group) is 1. The molecule has 2 atom stereocenters. The minimum atomic E-state index is -2.97. The number of carbonyl (C=O) groups is 1. The van der Waals surface area contributed by atoms with E-state index in [4.69, 9.17) is 0 Å². The molecule has 22 heavy (non-hydrogen) atoms. The summed E-state index contributed by atoms with van der Waals surface area (Å²) in [6.07, 6.45) is 0.495. The second kappa shape index (κ2) is 7.00. The molecule has 2 rings (SSSR count). The fourth-order valence-corrected chi connectivity index (χ4v) is 4.11. The van der Waals surface area contributed by atoms with E-state index in [-0.39, 0.29) is 29.6 Å². The lowest BCUT2D eigenvalue weighted by Crippen LogP contribution is -2.47. The lowest BCUT2D eigenvalue weighted by atomic mass is 10.2. The molecule has 0 unspecified atom stereocenters. The summed E-state index contributed by atoms with van der Waals surface area (Å²) < 4.78 is 22.7. The van der Waals surface area contributed by atoms with E-state index in [2.05, 4.69) is 15.5 Å². The largest absolute Gasteiger partial charge is 0.370 e. The SMILES string of the molecule is C[C@@H](CNC(=O)N[C@H]1CCS(=O)(=O)C1)N(C)c1ccccc1. The Balaban J connectivity index is 1.76. The van der Waals surface area contributed by atoms with Crippen LogP contribution >= 0.6 is 0 Å². The number of nitrogens with one attached hydrogen (secondary N) is 2. The third-order valence-corrected chi connectivity index (χ3v) is 5.72. The van der Waals surface area contributed by atoms with E-state index in [0.29, 0.717) is 13.0 Å². The van der Waals surface area contributed by atoms with Gasteiger partial charge in [-0.1, -0.05) is 18.2 Å². The summed E-state index contributed by atoms with van der Waals surface area (Å²) >= 11 is 0. The van der Waals surface area contributed by atoms with Crippen molar-refractivity contribution < 1.29 is 13.2 Å². The maximum absolute atomic E-state index is 11.8. The van der Waals surface area contributed by atoms with Crippen molar-refractivity contribution in [2.75, 3.05) is 30.0 Å². The molecule has 1 heterocycles. The van der Waals surface area contributed by atoms with Crippen LogP contribution in [0, 0.1) is 0 Å². The van der Waals surface area contributed by atoms with Gasteiger partial charge in [0.15, 0.2) is 9.84 Å². The smallest absolute Gasteiger partial charge is 0.315 e. The van der Waals surface area contributed by atoms with Gasteiger partial charge in [-0.25, -0.2) is 13.2 Å². The van der Waals surface area contributed by atoms with Crippen LogP contribution in [-0.4, -0.2) is 51.6 Å². The normalized spacial score (nSPS) is 21.1. The van der Waals surface area contributed by atoms with Crippen LogP contribution in [-0.2, 0) is 9.84 Å². The van der Waals surface area contributed by atoms with Crippen molar-refractivity contribution in [1.29, 1.82) is 0 Å². The summed E-state index contributed by atoms with van der Waals surface area (Å²) in [4.78, 5) is 13.9. The zero-order valence-corrected chi connectivity index (χ0v) is 13.8. The molecule has 0 aromatic heterocycles. The molecule has 2 N–H and O–H groups in total. The molecule has 0 aliphatic carbocycles. The van der Waals surface area contributed by atoms with Gasteiger partial charge in [0, 0.05) is 31.4 Å². The third kappa shape index (κ3) is 4.62. The first-order valence-electron chi connectivity index (χ1n) is 7.40. The summed E-state index contributed by atoms with van der Waals surface area (Å²) in [6, 6.07) is 9.48. The molecular formula is C15H23N3O3S.